The second-order valence-corrected chi connectivity index (χ2v) is 7.46. The fourth-order valence-electron chi connectivity index (χ4n) is 4.77. The Morgan fingerprint density at radius 2 is 1.88 bits per heavy atom. The average Bonchev–Trinajstić information content (AvgIpc) is 2.98. The predicted octanol–water partition coefficient (Wildman–Crippen LogP) is 2.42. The third kappa shape index (κ3) is 2.04. The summed E-state index contributed by atoms with van der Waals surface area (Å²) in [5.41, 5.74) is 0.0386. The lowest BCUT2D eigenvalue weighted by molar-refractivity contribution is 0.138. The first kappa shape index (κ1) is 12.0. The molecule has 3 rings (SSSR count). The van der Waals surface area contributed by atoms with Crippen LogP contribution in [0.15, 0.2) is 0 Å². The van der Waals surface area contributed by atoms with Crippen molar-refractivity contribution in [3.05, 3.63) is 0 Å². The highest BCUT2D eigenvalue weighted by Crippen LogP contribution is 2.58. The molecule has 2 nitrogen and oxygen atoms in total. The molecule has 0 aromatic carbocycles. The van der Waals surface area contributed by atoms with Crippen molar-refractivity contribution in [2.24, 2.45) is 29.1 Å². The molecule has 2 heteroatoms. The van der Waals surface area contributed by atoms with Crippen LogP contribution in [-0.4, -0.2) is 24.3 Å². The first-order valence-electron chi connectivity index (χ1n) is 7.45. The third-order valence-corrected chi connectivity index (χ3v) is 5.70. The highest BCUT2D eigenvalue weighted by Gasteiger charge is 2.53. The van der Waals surface area contributed by atoms with E-state index in [1.165, 1.54) is 32.1 Å². The van der Waals surface area contributed by atoms with Crippen molar-refractivity contribution < 1.29 is 5.11 Å². The van der Waals surface area contributed by atoms with Gasteiger partial charge in [0.25, 0.3) is 0 Å². The molecule has 3 aliphatic rings. The molecular weight excluding hydrogens is 210 g/mol. The Bertz CT molecular complexity index is 289. The summed E-state index contributed by atoms with van der Waals surface area (Å²) in [6.45, 7) is 5.54. The first-order chi connectivity index (χ1) is 8.11. The molecular formula is C15H27NO. The minimum absolute atomic E-state index is 0.0386. The molecule has 98 valence electrons. The van der Waals surface area contributed by atoms with Gasteiger partial charge in [-0.05, 0) is 49.4 Å². The molecule has 0 radical (unpaired) electrons. The summed E-state index contributed by atoms with van der Waals surface area (Å²) in [4.78, 5) is 0. The van der Waals surface area contributed by atoms with Crippen LogP contribution in [0.5, 0.6) is 0 Å². The van der Waals surface area contributed by atoms with E-state index in [-0.39, 0.29) is 12.0 Å². The van der Waals surface area contributed by atoms with Crippen LogP contribution in [0.3, 0.4) is 0 Å². The molecule has 0 aromatic heterocycles. The van der Waals surface area contributed by atoms with Crippen LogP contribution in [0.4, 0.5) is 0 Å². The van der Waals surface area contributed by atoms with Crippen molar-refractivity contribution in [3.8, 4) is 0 Å². The van der Waals surface area contributed by atoms with E-state index in [1.807, 2.05) is 0 Å². The second-order valence-electron chi connectivity index (χ2n) is 7.46. The molecule has 0 aromatic rings. The predicted molar refractivity (Wildman–Crippen MR) is 69.7 cm³/mol. The van der Waals surface area contributed by atoms with E-state index >= 15 is 0 Å². The number of hydrogen-bond acceptors (Lipinski definition) is 2. The summed E-state index contributed by atoms with van der Waals surface area (Å²) < 4.78 is 0. The molecule has 0 heterocycles. The molecule has 17 heavy (non-hydrogen) atoms. The van der Waals surface area contributed by atoms with Gasteiger partial charge in [0, 0.05) is 24.6 Å². The standard InChI is InChI=1S/C15H27NO/c1-15(2,9-17)8-16-14-7-10-6-13(14)12-5-3-4-11(10)12/h10-14,16-17H,3-9H2,1-2H3. The van der Waals surface area contributed by atoms with Gasteiger partial charge >= 0.3 is 0 Å². The summed E-state index contributed by atoms with van der Waals surface area (Å²) in [6.07, 6.45) is 7.39. The van der Waals surface area contributed by atoms with Crippen LogP contribution in [0.1, 0.15) is 46.0 Å². The molecule has 0 aliphatic heterocycles. The van der Waals surface area contributed by atoms with Crippen molar-refractivity contribution in [1.29, 1.82) is 0 Å². The van der Waals surface area contributed by atoms with E-state index < -0.39 is 0 Å². The number of fused-ring (bicyclic) bond motifs is 5. The Morgan fingerprint density at radius 3 is 2.65 bits per heavy atom. The number of nitrogens with one attached hydrogen (secondary N) is 1. The molecule has 5 unspecified atom stereocenters. The zero-order valence-electron chi connectivity index (χ0n) is 11.3. The number of rotatable bonds is 4. The molecule has 2 bridgehead atoms. The van der Waals surface area contributed by atoms with Crippen LogP contribution in [-0.2, 0) is 0 Å². The maximum Gasteiger partial charge on any atom is 0.0494 e. The molecule has 0 saturated heterocycles. The Hall–Kier alpha value is -0.0800. The maximum absolute atomic E-state index is 9.31. The Morgan fingerprint density at radius 1 is 1.12 bits per heavy atom. The van der Waals surface area contributed by atoms with E-state index in [1.54, 1.807) is 0 Å². The largest absolute Gasteiger partial charge is 0.396 e. The number of hydrogen-bond donors (Lipinski definition) is 2. The van der Waals surface area contributed by atoms with Gasteiger partial charge < -0.3 is 10.4 Å². The van der Waals surface area contributed by atoms with Gasteiger partial charge in [-0.3, -0.25) is 0 Å². The van der Waals surface area contributed by atoms with Gasteiger partial charge in [-0.25, -0.2) is 0 Å². The van der Waals surface area contributed by atoms with Gasteiger partial charge in [-0.1, -0.05) is 20.3 Å². The molecule has 3 fully saturated rings. The smallest absolute Gasteiger partial charge is 0.0494 e. The number of aliphatic hydroxyl groups is 1. The topological polar surface area (TPSA) is 32.3 Å². The Kier molecular flexibility index (Phi) is 2.99. The summed E-state index contributed by atoms with van der Waals surface area (Å²) in [5.74, 6) is 4.12. The Labute approximate surface area is 105 Å². The van der Waals surface area contributed by atoms with Crippen LogP contribution >= 0.6 is 0 Å². The second kappa shape index (κ2) is 4.24. The van der Waals surface area contributed by atoms with E-state index in [4.69, 9.17) is 0 Å². The highest BCUT2D eigenvalue weighted by molar-refractivity contribution is 5.05. The molecule has 5 atom stereocenters. The summed E-state index contributed by atoms with van der Waals surface area (Å²) in [5, 5.41) is 13.1. The average molecular weight is 237 g/mol. The molecule has 3 saturated carbocycles. The zero-order chi connectivity index (χ0) is 12.0. The first-order valence-corrected chi connectivity index (χ1v) is 7.45. The summed E-state index contributed by atoms with van der Waals surface area (Å²) >= 11 is 0. The molecule has 0 spiro atoms. The minimum Gasteiger partial charge on any atom is -0.396 e. The molecule has 2 N–H and O–H groups in total. The van der Waals surface area contributed by atoms with Gasteiger partial charge in [0.05, 0.1) is 0 Å². The zero-order valence-corrected chi connectivity index (χ0v) is 11.3. The van der Waals surface area contributed by atoms with Gasteiger partial charge in [0.15, 0.2) is 0 Å². The summed E-state index contributed by atoms with van der Waals surface area (Å²) in [7, 11) is 0. The summed E-state index contributed by atoms with van der Waals surface area (Å²) in [6, 6.07) is 0.755. The lowest BCUT2D eigenvalue weighted by Crippen LogP contribution is -2.44. The maximum atomic E-state index is 9.31. The van der Waals surface area contributed by atoms with Crippen LogP contribution in [0.25, 0.3) is 0 Å². The normalized spacial score (nSPS) is 44.3. The van der Waals surface area contributed by atoms with Crippen molar-refractivity contribution in [1.82, 2.24) is 5.32 Å². The number of aliphatic hydroxyl groups excluding tert-OH is 1. The highest BCUT2D eigenvalue weighted by atomic mass is 16.3. The monoisotopic (exact) mass is 237 g/mol. The molecule has 3 aliphatic carbocycles. The van der Waals surface area contributed by atoms with E-state index in [0.717, 1.165) is 36.3 Å². The minimum atomic E-state index is 0.0386. The van der Waals surface area contributed by atoms with Gasteiger partial charge in [-0.15, -0.1) is 0 Å². The SMILES string of the molecule is CC(C)(CO)CNC1CC2CC1C1CCCC21. The van der Waals surface area contributed by atoms with Crippen LogP contribution in [0.2, 0.25) is 0 Å². The fourth-order valence-corrected chi connectivity index (χ4v) is 4.77. The van der Waals surface area contributed by atoms with Gasteiger partial charge in [-0.2, -0.15) is 0 Å². The molecule has 0 amide bonds. The van der Waals surface area contributed by atoms with Crippen LogP contribution in [0, 0.1) is 29.1 Å². The fraction of sp³-hybridized carbons (Fsp3) is 1.00. The van der Waals surface area contributed by atoms with E-state index in [2.05, 4.69) is 19.2 Å². The Balaban J connectivity index is 1.57. The quantitative estimate of drug-likeness (QED) is 0.787. The van der Waals surface area contributed by atoms with Gasteiger partial charge in [0.2, 0.25) is 0 Å². The van der Waals surface area contributed by atoms with Crippen molar-refractivity contribution in [2.75, 3.05) is 13.2 Å². The van der Waals surface area contributed by atoms with E-state index in [9.17, 15) is 5.11 Å². The van der Waals surface area contributed by atoms with Crippen molar-refractivity contribution in [3.63, 3.8) is 0 Å². The van der Waals surface area contributed by atoms with E-state index in [0.29, 0.717) is 0 Å². The van der Waals surface area contributed by atoms with Crippen molar-refractivity contribution >= 4 is 0 Å². The lowest BCUT2D eigenvalue weighted by Gasteiger charge is -2.34. The van der Waals surface area contributed by atoms with Gasteiger partial charge in [0.1, 0.15) is 0 Å². The third-order valence-electron chi connectivity index (χ3n) is 5.70. The van der Waals surface area contributed by atoms with Crippen molar-refractivity contribution in [2.45, 2.75) is 52.0 Å². The van der Waals surface area contributed by atoms with Crippen LogP contribution < -0.4 is 5.32 Å². The lowest BCUT2D eigenvalue weighted by atomic mass is 9.79.